The molecule has 0 unspecified atom stereocenters. The second-order valence-corrected chi connectivity index (χ2v) is 9.26. The van der Waals surface area contributed by atoms with Crippen LogP contribution in [0.1, 0.15) is 34.3 Å². The molecular formula is C23H26ClN3O2S. The van der Waals surface area contributed by atoms with Crippen LogP contribution in [-0.2, 0) is 12.8 Å². The van der Waals surface area contributed by atoms with E-state index in [1.54, 1.807) is 18.1 Å². The number of hydrogen-bond acceptors (Lipinski definition) is 5. The second kappa shape index (κ2) is 8.92. The number of rotatable bonds is 6. The fraction of sp³-hybridized carbons (Fsp3) is 0.391. The standard InChI is InChI=1S/C23H26ClN3O2S/c1-26(2)12-13-27(22(28)17-9-8-15-6-4-5-7-16(15)14-17)23-25-20-19(29-3)11-10-18(24)21(20)30-23/h8-11,14H,4-7,12-13H2,1-3H3. The Morgan fingerprint density at radius 1 is 1.13 bits per heavy atom. The summed E-state index contributed by atoms with van der Waals surface area (Å²) in [6.07, 6.45) is 4.56. The summed E-state index contributed by atoms with van der Waals surface area (Å²) in [6, 6.07) is 9.75. The van der Waals surface area contributed by atoms with Gasteiger partial charge in [0, 0.05) is 18.7 Å². The number of nitrogens with zero attached hydrogens (tertiary/aromatic N) is 3. The first-order valence-electron chi connectivity index (χ1n) is 10.2. The molecule has 5 nitrogen and oxygen atoms in total. The molecule has 0 radical (unpaired) electrons. The van der Waals surface area contributed by atoms with Gasteiger partial charge in [-0.2, -0.15) is 0 Å². The van der Waals surface area contributed by atoms with Crippen LogP contribution in [0.2, 0.25) is 5.02 Å². The number of thiazole rings is 1. The molecular weight excluding hydrogens is 418 g/mol. The summed E-state index contributed by atoms with van der Waals surface area (Å²) < 4.78 is 6.29. The van der Waals surface area contributed by atoms with E-state index in [1.807, 2.05) is 26.2 Å². The number of hydrogen-bond donors (Lipinski definition) is 0. The molecule has 0 N–H and O–H groups in total. The molecule has 0 atom stereocenters. The van der Waals surface area contributed by atoms with Crippen molar-refractivity contribution in [2.75, 3.05) is 39.2 Å². The number of ether oxygens (including phenoxy) is 1. The zero-order valence-electron chi connectivity index (χ0n) is 17.6. The van der Waals surface area contributed by atoms with Crippen LogP contribution < -0.4 is 9.64 Å². The number of anilines is 1. The molecule has 0 fully saturated rings. The van der Waals surface area contributed by atoms with Crippen molar-refractivity contribution >= 4 is 44.2 Å². The SMILES string of the molecule is COc1ccc(Cl)c2sc(N(CCN(C)C)C(=O)c3ccc4c(c3)CCCC4)nc12. The maximum Gasteiger partial charge on any atom is 0.260 e. The van der Waals surface area contributed by atoms with Crippen LogP contribution in [0.25, 0.3) is 10.2 Å². The van der Waals surface area contributed by atoms with Crippen molar-refractivity contribution in [3.05, 3.63) is 52.0 Å². The molecule has 1 aliphatic rings. The molecule has 158 valence electrons. The lowest BCUT2D eigenvalue weighted by Crippen LogP contribution is -2.36. The number of benzene rings is 2. The number of amides is 1. The van der Waals surface area contributed by atoms with E-state index >= 15 is 0 Å². The minimum atomic E-state index is -0.0284. The number of aryl methyl sites for hydroxylation is 2. The Morgan fingerprint density at radius 2 is 1.90 bits per heavy atom. The number of carbonyl (C=O) groups is 1. The minimum absolute atomic E-state index is 0.0284. The number of likely N-dealkylation sites (N-methyl/N-ethyl adjacent to an activating group) is 1. The van der Waals surface area contributed by atoms with E-state index in [-0.39, 0.29) is 5.91 Å². The van der Waals surface area contributed by atoms with E-state index in [2.05, 4.69) is 17.0 Å². The molecule has 30 heavy (non-hydrogen) atoms. The zero-order chi connectivity index (χ0) is 21.3. The molecule has 0 bridgehead atoms. The van der Waals surface area contributed by atoms with Crippen molar-refractivity contribution in [1.82, 2.24) is 9.88 Å². The molecule has 3 aromatic rings. The van der Waals surface area contributed by atoms with Crippen LogP contribution >= 0.6 is 22.9 Å². The van der Waals surface area contributed by atoms with Gasteiger partial charge >= 0.3 is 0 Å². The first-order chi connectivity index (χ1) is 14.5. The van der Waals surface area contributed by atoms with Gasteiger partial charge in [0.1, 0.15) is 11.3 Å². The molecule has 2 aromatic carbocycles. The lowest BCUT2D eigenvalue weighted by atomic mass is 9.90. The summed E-state index contributed by atoms with van der Waals surface area (Å²) >= 11 is 7.84. The van der Waals surface area contributed by atoms with Gasteiger partial charge in [-0.05, 0) is 75.2 Å². The van der Waals surface area contributed by atoms with Crippen molar-refractivity contribution in [2.24, 2.45) is 0 Å². The molecule has 1 heterocycles. The van der Waals surface area contributed by atoms with E-state index in [0.29, 0.717) is 33.5 Å². The highest BCUT2D eigenvalue weighted by atomic mass is 35.5. The number of methoxy groups -OCH3 is 1. The third-order valence-corrected chi connectivity index (χ3v) is 7.05. The molecule has 4 rings (SSSR count). The summed E-state index contributed by atoms with van der Waals surface area (Å²) in [4.78, 5) is 22.2. The Balaban J connectivity index is 1.74. The Hall–Kier alpha value is -2.15. The molecule has 7 heteroatoms. The average Bonchev–Trinajstić information content (AvgIpc) is 3.19. The monoisotopic (exact) mass is 443 g/mol. The quantitative estimate of drug-likeness (QED) is 0.535. The summed E-state index contributed by atoms with van der Waals surface area (Å²) in [5, 5.41) is 1.25. The molecule has 0 saturated heterocycles. The summed E-state index contributed by atoms with van der Waals surface area (Å²) in [5.41, 5.74) is 4.08. The first-order valence-corrected chi connectivity index (χ1v) is 11.4. The maximum absolute atomic E-state index is 13.6. The topological polar surface area (TPSA) is 45.7 Å². The normalized spacial score (nSPS) is 13.5. The van der Waals surface area contributed by atoms with Crippen molar-refractivity contribution in [1.29, 1.82) is 0 Å². The highest BCUT2D eigenvalue weighted by Gasteiger charge is 2.24. The number of aromatic nitrogens is 1. The predicted molar refractivity (Wildman–Crippen MR) is 124 cm³/mol. The van der Waals surface area contributed by atoms with Crippen LogP contribution in [0, 0.1) is 0 Å². The van der Waals surface area contributed by atoms with Crippen LogP contribution in [0.15, 0.2) is 30.3 Å². The lowest BCUT2D eigenvalue weighted by molar-refractivity contribution is 0.0985. The largest absolute Gasteiger partial charge is 0.494 e. The number of fused-ring (bicyclic) bond motifs is 2. The zero-order valence-corrected chi connectivity index (χ0v) is 19.1. The Bertz CT molecular complexity index is 1080. The predicted octanol–water partition coefficient (Wildman–Crippen LogP) is 5.05. The highest BCUT2D eigenvalue weighted by Crippen LogP contribution is 2.39. The molecule has 0 aliphatic heterocycles. The fourth-order valence-electron chi connectivity index (χ4n) is 3.83. The van der Waals surface area contributed by atoms with E-state index in [0.717, 1.165) is 24.1 Å². The minimum Gasteiger partial charge on any atom is -0.494 e. The van der Waals surface area contributed by atoms with Crippen molar-refractivity contribution in [3.8, 4) is 5.75 Å². The second-order valence-electron chi connectivity index (χ2n) is 7.87. The van der Waals surface area contributed by atoms with Gasteiger partial charge in [0.2, 0.25) is 0 Å². The van der Waals surface area contributed by atoms with Crippen LogP contribution in [0.4, 0.5) is 5.13 Å². The molecule has 1 aliphatic carbocycles. The first kappa shape index (κ1) is 21.1. The summed E-state index contributed by atoms with van der Waals surface area (Å²) in [5.74, 6) is 0.630. The van der Waals surface area contributed by atoms with Crippen molar-refractivity contribution < 1.29 is 9.53 Å². The summed E-state index contributed by atoms with van der Waals surface area (Å²) in [7, 11) is 5.61. The van der Waals surface area contributed by atoms with E-state index in [9.17, 15) is 4.79 Å². The van der Waals surface area contributed by atoms with Gasteiger partial charge in [-0.1, -0.05) is 29.0 Å². The Morgan fingerprint density at radius 3 is 2.63 bits per heavy atom. The van der Waals surface area contributed by atoms with Gasteiger partial charge in [0.25, 0.3) is 5.91 Å². The smallest absolute Gasteiger partial charge is 0.260 e. The summed E-state index contributed by atoms with van der Waals surface area (Å²) in [6.45, 7) is 1.28. The van der Waals surface area contributed by atoms with Gasteiger partial charge < -0.3 is 9.64 Å². The maximum atomic E-state index is 13.6. The van der Waals surface area contributed by atoms with Crippen LogP contribution in [-0.4, -0.2) is 50.1 Å². The van der Waals surface area contributed by atoms with Crippen molar-refractivity contribution in [3.63, 3.8) is 0 Å². The van der Waals surface area contributed by atoms with Gasteiger partial charge in [-0.3, -0.25) is 9.69 Å². The van der Waals surface area contributed by atoms with E-state index in [4.69, 9.17) is 21.3 Å². The molecule has 0 spiro atoms. The third kappa shape index (κ3) is 4.17. The van der Waals surface area contributed by atoms with Crippen LogP contribution in [0.3, 0.4) is 0 Å². The van der Waals surface area contributed by atoms with E-state index < -0.39 is 0 Å². The van der Waals surface area contributed by atoms with Crippen LogP contribution in [0.5, 0.6) is 5.75 Å². The van der Waals surface area contributed by atoms with Gasteiger partial charge in [-0.15, -0.1) is 0 Å². The Labute approximate surface area is 186 Å². The number of carbonyl (C=O) groups excluding carboxylic acids is 1. The third-order valence-electron chi connectivity index (χ3n) is 5.51. The number of halogens is 1. The highest BCUT2D eigenvalue weighted by molar-refractivity contribution is 7.23. The van der Waals surface area contributed by atoms with Gasteiger partial charge in [-0.25, -0.2) is 4.98 Å². The van der Waals surface area contributed by atoms with Gasteiger partial charge in [0.15, 0.2) is 5.13 Å². The average molecular weight is 444 g/mol. The Kier molecular flexibility index (Phi) is 6.27. The van der Waals surface area contributed by atoms with E-state index in [1.165, 1.54) is 35.3 Å². The molecule has 1 aromatic heterocycles. The van der Waals surface area contributed by atoms with Gasteiger partial charge in [0.05, 0.1) is 16.8 Å². The fourth-order valence-corrected chi connectivity index (χ4v) is 5.11. The lowest BCUT2D eigenvalue weighted by Gasteiger charge is -2.23. The molecule has 0 saturated carbocycles. The molecule has 1 amide bonds. The van der Waals surface area contributed by atoms with Crippen molar-refractivity contribution in [2.45, 2.75) is 25.7 Å².